The first-order valence-corrected chi connectivity index (χ1v) is 27.3. The molecule has 10 aromatic carbocycles. The first kappa shape index (κ1) is 48.0. The van der Waals surface area contributed by atoms with Crippen LogP contribution >= 0.6 is 0 Å². The number of rotatable bonds is 10. The van der Waals surface area contributed by atoms with Gasteiger partial charge in [-0.05, 0) is 176 Å². The Hall–Kier alpha value is -8.72. The molecule has 0 aromatic heterocycles. The van der Waals surface area contributed by atoms with Crippen molar-refractivity contribution in [2.75, 3.05) is 9.80 Å². The predicted octanol–water partition coefficient (Wildman–Crippen LogP) is 20.5. The van der Waals surface area contributed by atoms with Crippen LogP contribution in [0.3, 0.4) is 0 Å². The van der Waals surface area contributed by atoms with Gasteiger partial charge in [-0.25, -0.2) is 0 Å². The average Bonchev–Trinajstić information content (AvgIpc) is 4.18. The lowest BCUT2D eigenvalue weighted by molar-refractivity contribution is 0.660. The van der Waals surface area contributed by atoms with E-state index in [4.69, 9.17) is 0 Å². The van der Waals surface area contributed by atoms with Crippen LogP contribution in [0.4, 0.5) is 34.1 Å². The molecule has 374 valence electrons. The molecule has 0 aliphatic heterocycles. The molecule has 2 heteroatoms. The fraction of sp³-hybridized carbons (Fsp3) is 0.147. The summed E-state index contributed by atoms with van der Waals surface area (Å²) in [5, 5.41) is 0. The first-order chi connectivity index (χ1) is 37.2. The summed E-state index contributed by atoms with van der Waals surface area (Å²) in [4.78, 5) is 4.74. The monoisotopic (exact) mass is 993 g/mol. The summed E-state index contributed by atoms with van der Waals surface area (Å²) in [5.74, 6) is 0. The molecule has 3 aliphatic rings. The third kappa shape index (κ3) is 8.17. The zero-order valence-electron chi connectivity index (χ0n) is 45.5. The van der Waals surface area contributed by atoms with E-state index in [1.165, 1.54) is 112 Å². The molecule has 0 spiro atoms. The van der Waals surface area contributed by atoms with E-state index in [9.17, 15) is 0 Å². The summed E-state index contributed by atoms with van der Waals surface area (Å²) in [6, 6.07) is 81.3. The Morgan fingerprint density at radius 3 is 0.766 bits per heavy atom. The SMILES string of the molecule is Cc1ccc(N(c2ccccc2)c2ccc3c(c2)C(C)(C)c2cc(C=Cc4ccc5c(c4)C(C)(C)c4cc(C=Cc6ccc7c(c6)C(C)(C)c6cc(N(c8ccccc8)c8ccc(C)cc8)ccc6-7)ccc4-5)ccc2-3)cc1. The molecule has 77 heavy (non-hydrogen) atoms. The maximum atomic E-state index is 2.41. The van der Waals surface area contributed by atoms with Crippen molar-refractivity contribution in [1.82, 2.24) is 0 Å². The number of aryl methyl sites for hydroxylation is 2. The van der Waals surface area contributed by atoms with Gasteiger partial charge in [-0.1, -0.05) is 223 Å². The Morgan fingerprint density at radius 2 is 0.481 bits per heavy atom. The van der Waals surface area contributed by atoms with Gasteiger partial charge >= 0.3 is 0 Å². The van der Waals surface area contributed by atoms with E-state index in [1.54, 1.807) is 0 Å². The third-order valence-electron chi connectivity index (χ3n) is 17.2. The molecule has 0 heterocycles. The van der Waals surface area contributed by atoms with E-state index in [-0.39, 0.29) is 16.2 Å². The van der Waals surface area contributed by atoms with Gasteiger partial charge in [0.15, 0.2) is 0 Å². The van der Waals surface area contributed by atoms with E-state index >= 15 is 0 Å². The van der Waals surface area contributed by atoms with Crippen molar-refractivity contribution in [3.05, 3.63) is 285 Å². The highest BCUT2D eigenvalue weighted by atomic mass is 15.1. The smallest absolute Gasteiger partial charge is 0.0465 e. The normalized spacial score (nSPS) is 14.7. The molecule has 0 bridgehead atoms. The van der Waals surface area contributed by atoms with Crippen molar-refractivity contribution in [3.8, 4) is 33.4 Å². The zero-order valence-corrected chi connectivity index (χ0v) is 45.5. The summed E-state index contributed by atoms with van der Waals surface area (Å²) >= 11 is 0. The van der Waals surface area contributed by atoms with Crippen LogP contribution in [0, 0.1) is 13.8 Å². The van der Waals surface area contributed by atoms with Gasteiger partial charge in [-0.2, -0.15) is 0 Å². The van der Waals surface area contributed by atoms with E-state index in [0.29, 0.717) is 0 Å². The third-order valence-corrected chi connectivity index (χ3v) is 17.2. The van der Waals surface area contributed by atoms with Gasteiger partial charge < -0.3 is 9.80 Å². The predicted molar refractivity (Wildman–Crippen MR) is 329 cm³/mol. The van der Waals surface area contributed by atoms with Crippen LogP contribution < -0.4 is 9.80 Å². The van der Waals surface area contributed by atoms with Gasteiger partial charge in [-0.15, -0.1) is 0 Å². The summed E-state index contributed by atoms with van der Waals surface area (Å²) in [6.07, 6.45) is 9.17. The minimum absolute atomic E-state index is 0.145. The van der Waals surface area contributed by atoms with Crippen molar-refractivity contribution >= 4 is 58.4 Å². The van der Waals surface area contributed by atoms with Gasteiger partial charge in [-0.3, -0.25) is 0 Å². The highest BCUT2D eigenvalue weighted by Gasteiger charge is 2.39. The second-order valence-electron chi connectivity index (χ2n) is 23.2. The standard InChI is InChI=1S/C75H64N2/c1-49-19-31-57(32-20-49)76(55-15-11-9-12-16-55)59-35-41-65-63-39-29-53(45-69(63)74(5,6)71(65)47-59)25-23-51-27-37-61-62-38-28-52(44-68(62)73(3,4)67(61)43-51)24-26-54-30-40-64-66-42-36-60(48-72(66)75(7,8)70(64)46-54)77(56-17-13-10-14-18-56)58-33-21-50(2)22-34-58/h9-48H,1-8H3. The van der Waals surface area contributed by atoms with Crippen molar-refractivity contribution in [2.45, 2.75) is 71.6 Å². The second kappa shape index (κ2) is 18.2. The average molecular weight is 993 g/mol. The molecule has 13 rings (SSSR count). The molecule has 0 radical (unpaired) electrons. The summed E-state index contributed by atoms with van der Waals surface area (Å²) in [7, 11) is 0. The first-order valence-electron chi connectivity index (χ1n) is 27.3. The summed E-state index contributed by atoms with van der Waals surface area (Å²) in [6.45, 7) is 18.6. The molecule has 0 atom stereocenters. The Labute approximate surface area is 456 Å². The maximum absolute atomic E-state index is 2.41. The molecule has 0 amide bonds. The molecule has 2 nitrogen and oxygen atoms in total. The summed E-state index contributed by atoms with van der Waals surface area (Å²) in [5.41, 5.74) is 30.0. The number of fused-ring (bicyclic) bond motifs is 9. The van der Waals surface area contributed by atoms with Gasteiger partial charge in [0.1, 0.15) is 0 Å². The molecule has 0 N–H and O–H groups in total. The van der Waals surface area contributed by atoms with E-state index in [1.807, 2.05) is 0 Å². The van der Waals surface area contributed by atoms with Crippen LogP contribution in [0.15, 0.2) is 218 Å². The molecule has 3 aliphatic carbocycles. The highest BCUT2D eigenvalue weighted by molar-refractivity contribution is 5.90. The largest absolute Gasteiger partial charge is 0.310 e. The number of benzene rings is 10. The van der Waals surface area contributed by atoms with Gasteiger partial charge in [0, 0.05) is 50.4 Å². The van der Waals surface area contributed by atoms with Crippen LogP contribution in [0.5, 0.6) is 0 Å². The van der Waals surface area contributed by atoms with Gasteiger partial charge in [0.25, 0.3) is 0 Å². The fourth-order valence-corrected chi connectivity index (χ4v) is 12.8. The Morgan fingerprint density at radius 1 is 0.247 bits per heavy atom. The molecule has 0 unspecified atom stereocenters. The minimum atomic E-state index is -0.165. The van der Waals surface area contributed by atoms with E-state index in [2.05, 4.69) is 308 Å². The number of anilines is 6. The number of nitrogens with zero attached hydrogens (tertiary/aromatic N) is 2. The van der Waals surface area contributed by atoms with Gasteiger partial charge in [0.2, 0.25) is 0 Å². The number of para-hydroxylation sites is 2. The van der Waals surface area contributed by atoms with Crippen molar-refractivity contribution < 1.29 is 0 Å². The quantitative estimate of drug-likeness (QED) is 0.126. The lowest BCUT2D eigenvalue weighted by atomic mass is 9.81. The highest BCUT2D eigenvalue weighted by Crippen LogP contribution is 2.54. The van der Waals surface area contributed by atoms with Gasteiger partial charge in [0.05, 0.1) is 0 Å². The van der Waals surface area contributed by atoms with Crippen molar-refractivity contribution in [3.63, 3.8) is 0 Å². The number of hydrogen-bond acceptors (Lipinski definition) is 2. The second-order valence-corrected chi connectivity index (χ2v) is 23.2. The zero-order chi connectivity index (χ0) is 52.8. The lowest BCUT2D eigenvalue weighted by Gasteiger charge is -2.28. The van der Waals surface area contributed by atoms with E-state index in [0.717, 1.165) is 22.7 Å². The van der Waals surface area contributed by atoms with E-state index < -0.39 is 0 Å². The molecule has 10 aromatic rings. The van der Waals surface area contributed by atoms with Crippen LogP contribution in [-0.4, -0.2) is 0 Å². The topological polar surface area (TPSA) is 6.48 Å². The molecular weight excluding hydrogens is 929 g/mol. The molecule has 0 fully saturated rings. The Bertz CT molecular complexity index is 3740. The lowest BCUT2D eigenvalue weighted by Crippen LogP contribution is -2.16. The fourth-order valence-electron chi connectivity index (χ4n) is 12.8. The molecule has 0 saturated heterocycles. The maximum Gasteiger partial charge on any atom is 0.0465 e. The summed E-state index contributed by atoms with van der Waals surface area (Å²) < 4.78 is 0. The minimum Gasteiger partial charge on any atom is -0.310 e. The van der Waals surface area contributed by atoms with Crippen molar-refractivity contribution in [2.24, 2.45) is 0 Å². The Balaban J connectivity index is 0.730. The number of hydrogen-bond donors (Lipinski definition) is 0. The Kier molecular flexibility index (Phi) is 11.4. The van der Waals surface area contributed by atoms with Crippen LogP contribution in [0.2, 0.25) is 0 Å². The molecule has 0 saturated carbocycles. The van der Waals surface area contributed by atoms with Crippen LogP contribution in [0.25, 0.3) is 57.7 Å². The van der Waals surface area contributed by atoms with Crippen LogP contribution in [-0.2, 0) is 16.2 Å². The molecular formula is C75H64N2. The van der Waals surface area contributed by atoms with Crippen LogP contribution in [0.1, 0.15) is 108 Å². The van der Waals surface area contributed by atoms with Crippen molar-refractivity contribution in [1.29, 1.82) is 0 Å².